The van der Waals surface area contributed by atoms with E-state index >= 15 is 0 Å². The van der Waals surface area contributed by atoms with Gasteiger partial charge in [-0.15, -0.1) is 0 Å². The molecule has 1 aromatic carbocycles. The Balaban J connectivity index is 2.22. The van der Waals surface area contributed by atoms with Gasteiger partial charge < -0.3 is 5.32 Å². The fourth-order valence-electron chi connectivity index (χ4n) is 2.16. The lowest BCUT2D eigenvalue weighted by atomic mass is 9.87. The maximum Gasteiger partial charge on any atom is 0.471 e. The quantitative estimate of drug-likeness (QED) is 0.774. The molecule has 98 valence electrons. The third-order valence-electron chi connectivity index (χ3n) is 2.99. The van der Waals surface area contributed by atoms with Crippen molar-refractivity contribution < 1.29 is 22.4 Å². The molecule has 0 fully saturated rings. The zero-order chi connectivity index (χ0) is 13.3. The minimum atomic E-state index is -4.91. The summed E-state index contributed by atoms with van der Waals surface area (Å²) in [4.78, 5) is 10.9. The number of hydrogen-bond acceptors (Lipinski definition) is 1. The predicted molar refractivity (Wildman–Crippen MR) is 56.3 cm³/mol. The van der Waals surface area contributed by atoms with Crippen LogP contribution in [0.25, 0.3) is 0 Å². The molecule has 6 heteroatoms. The summed E-state index contributed by atoms with van der Waals surface area (Å²) in [6, 6.07) is 3.25. The van der Waals surface area contributed by atoms with Crippen LogP contribution in [0.1, 0.15) is 30.0 Å². The number of aryl methyl sites for hydroxylation is 1. The van der Waals surface area contributed by atoms with E-state index in [9.17, 15) is 22.4 Å². The topological polar surface area (TPSA) is 29.1 Å². The Morgan fingerprint density at radius 1 is 1.33 bits per heavy atom. The van der Waals surface area contributed by atoms with Gasteiger partial charge in [0.25, 0.3) is 0 Å². The first kappa shape index (κ1) is 12.9. The Hall–Kier alpha value is -1.59. The molecule has 1 aliphatic rings. The summed E-state index contributed by atoms with van der Waals surface area (Å²) in [5.41, 5.74) is 1.23. The van der Waals surface area contributed by atoms with Crippen molar-refractivity contribution in [2.24, 2.45) is 0 Å². The van der Waals surface area contributed by atoms with Crippen LogP contribution < -0.4 is 5.32 Å². The number of hydrogen-bond donors (Lipinski definition) is 1. The van der Waals surface area contributed by atoms with Gasteiger partial charge in [0.2, 0.25) is 0 Å². The number of fused-ring (bicyclic) bond motifs is 1. The highest BCUT2D eigenvalue weighted by Gasteiger charge is 2.40. The van der Waals surface area contributed by atoms with Crippen LogP contribution in [0.3, 0.4) is 0 Å². The predicted octanol–water partition coefficient (Wildman–Crippen LogP) is 2.88. The minimum Gasteiger partial charge on any atom is -0.341 e. The van der Waals surface area contributed by atoms with Crippen molar-refractivity contribution in [3.63, 3.8) is 0 Å². The largest absolute Gasteiger partial charge is 0.471 e. The Morgan fingerprint density at radius 3 is 2.72 bits per heavy atom. The van der Waals surface area contributed by atoms with Crippen LogP contribution in [-0.4, -0.2) is 12.1 Å². The van der Waals surface area contributed by atoms with E-state index < -0.39 is 23.9 Å². The standard InChI is InChI=1S/C12H11F4NO/c13-8-5-4-7-2-1-3-10(9(7)6-8)17-11(18)12(14,15)16/h4-6,10H,1-3H2,(H,17,18)/t10-/m1/s1. The second-order valence-electron chi connectivity index (χ2n) is 4.26. The van der Waals surface area contributed by atoms with Crippen LogP contribution in [0, 0.1) is 5.82 Å². The summed E-state index contributed by atoms with van der Waals surface area (Å²) in [6.45, 7) is 0. The number of carbonyl (C=O) groups is 1. The molecule has 0 bridgehead atoms. The van der Waals surface area contributed by atoms with E-state index in [1.54, 1.807) is 6.07 Å². The average molecular weight is 261 g/mol. The number of benzene rings is 1. The van der Waals surface area contributed by atoms with Crippen LogP contribution in [0.2, 0.25) is 0 Å². The van der Waals surface area contributed by atoms with Crippen LogP contribution in [-0.2, 0) is 11.2 Å². The van der Waals surface area contributed by atoms with Gasteiger partial charge in [-0.1, -0.05) is 6.07 Å². The lowest BCUT2D eigenvalue weighted by Crippen LogP contribution is -2.40. The molecular formula is C12H11F4NO. The Labute approximate surface area is 101 Å². The van der Waals surface area contributed by atoms with Gasteiger partial charge in [0.05, 0.1) is 6.04 Å². The van der Waals surface area contributed by atoms with Crippen LogP contribution >= 0.6 is 0 Å². The van der Waals surface area contributed by atoms with Crippen LogP contribution in [0.4, 0.5) is 17.6 Å². The van der Waals surface area contributed by atoms with E-state index in [4.69, 9.17) is 0 Å². The van der Waals surface area contributed by atoms with E-state index in [1.165, 1.54) is 12.1 Å². The molecule has 0 aliphatic heterocycles. The first-order valence-corrected chi connectivity index (χ1v) is 5.54. The molecule has 0 heterocycles. The molecule has 1 aromatic rings. The summed E-state index contributed by atoms with van der Waals surface area (Å²) >= 11 is 0. The highest BCUT2D eigenvalue weighted by atomic mass is 19.4. The number of halogens is 4. The summed E-state index contributed by atoms with van der Waals surface area (Å²) in [6.07, 6.45) is -3.17. The summed E-state index contributed by atoms with van der Waals surface area (Å²) in [5, 5.41) is 1.91. The Bertz CT molecular complexity index is 470. The van der Waals surface area contributed by atoms with Crippen LogP contribution in [0.15, 0.2) is 18.2 Å². The van der Waals surface area contributed by atoms with E-state index in [-0.39, 0.29) is 0 Å². The number of carbonyl (C=O) groups excluding carboxylic acids is 1. The number of nitrogens with one attached hydrogen (secondary N) is 1. The fourth-order valence-corrected chi connectivity index (χ4v) is 2.16. The zero-order valence-electron chi connectivity index (χ0n) is 9.35. The summed E-state index contributed by atoms with van der Waals surface area (Å²) in [7, 11) is 0. The van der Waals surface area contributed by atoms with Crippen molar-refractivity contribution in [1.29, 1.82) is 0 Å². The van der Waals surface area contributed by atoms with Gasteiger partial charge in [0.15, 0.2) is 0 Å². The molecule has 0 unspecified atom stereocenters. The first-order chi connectivity index (χ1) is 8.38. The monoisotopic (exact) mass is 261 g/mol. The SMILES string of the molecule is O=C(N[C@@H]1CCCc2ccc(F)cc21)C(F)(F)F. The van der Waals surface area contributed by atoms with Gasteiger partial charge >= 0.3 is 12.1 Å². The first-order valence-electron chi connectivity index (χ1n) is 5.54. The van der Waals surface area contributed by atoms with Crippen molar-refractivity contribution in [3.8, 4) is 0 Å². The van der Waals surface area contributed by atoms with Crippen molar-refractivity contribution in [2.45, 2.75) is 31.5 Å². The number of alkyl halides is 3. The van der Waals surface area contributed by atoms with E-state index in [1.807, 2.05) is 5.32 Å². The average Bonchev–Trinajstić information content (AvgIpc) is 2.28. The minimum absolute atomic E-state index is 0.387. The van der Waals surface area contributed by atoms with E-state index in [2.05, 4.69) is 0 Å². The molecule has 0 spiro atoms. The second-order valence-corrected chi connectivity index (χ2v) is 4.26. The summed E-state index contributed by atoms with van der Waals surface area (Å²) < 4.78 is 49.6. The molecule has 2 nitrogen and oxygen atoms in total. The Morgan fingerprint density at radius 2 is 2.06 bits per heavy atom. The molecule has 0 saturated heterocycles. The van der Waals surface area contributed by atoms with Crippen molar-refractivity contribution >= 4 is 5.91 Å². The molecule has 1 N–H and O–H groups in total. The van der Waals surface area contributed by atoms with Crippen LogP contribution in [0.5, 0.6) is 0 Å². The van der Waals surface area contributed by atoms with Gasteiger partial charge in [0, 0.05) is 0 Å². The van der Waals surface area contributed by atoms with Crippen molar-refractivity contribution in [3.05, 3.63) is 35.1 Å². The third-order valence-corrected chi connectivity index (χ3v) is 2.99. The van der Waals surface area contributed by atoms with Gasteiger partial charge in [-0.25, -0.2) is 4.39 Å². The molecule has 0 aromatic heterocycles. The smallest absolute Gasteiger partial charge is 0.341 e. The third kappa shape index (κ3) is 2.63. The maximum absolute atomic E-state index is 13.1. The maximum atomic E-state index is 13.1. The lowest BCUT2D eigenvalue weighted by Gasteiger charge is -2.26. The molecule has 1 atom stereocenters. The van der Waals surface area contributed by atoms with Crippen molar-refractivity contribution in [1.82, 2.24) is 5.32 Å². The van der Waals surface area contributed by atoms with Gasteiger partial charge in [-0.2, -0.15) is 13.2 Å². The fraction of sp³-hybridized carbons (Fsp3) is 0.417. The molecule has 2 rings (SSSR count). The molecule has 0 radical (unpaired) electrons. The van der Waals surface area contributed by atoms with E-state index in [0.717, 1.165) is 5.56 Å². The number of rotatable bonds is 1. The molecule has 0 saturated carbocycles. The lowest BCUT2D eigenvalue weighted by molar-refractivity contribution is -0.174. The highest BCUT2D eigenvalue weighted by Crippen LogP contribution is 2.31. The molecule has 1 aliphatic carbocycles. The second kappa shape index (κ2) is 4.59. The Kier molecular flexibility index (Phi) is 3.28. The molecule has 1 amide bonds. The van der Waals surface area contributed by atoms with Crippen molar-refractivity contribution in [2.75, 3.05) is 0 Å². The number of amides is 1. The zero-order valence-corrected chi connectivity index (χ0v) is 9.35. The van der Waals surface area contributed by atoms with Gasteiger partial charge in [-0.3, -0.25) is 4.79 Å². The molecular weight excluding hydrogens is 250 g/mol. The highest BCUT2D eigenvalue weighted by molar-refractivity contribution is 5.82. The molecule has 18 heavy (non-hydrogen) atoms. The van der Waals surface area contributed by atoms with Gasteiger partial charge in [0.1, 0.15) is 5.82 Å². The van der Waals surface area contributed by atoms with E-state index in [0.29, 0.717) is 24.8 Å². The van der Waals surface area contributed by atoms with Gasteiger partial charge in [-0.05, 0) is 42.5 Å². The summed E-state index contributed by atoms with van der Waals surface area (Å²) in [5.74, 6) is -2.49. The normalized spacial score (nSPS) is 19.2.